The summed E-state index contributed by atoms with van der Waals surface area (Å²) < 4.78 is 5.27. The van der Waals surface area contributed by atoms with Gasteiger partial charge in [-0.3, -0.25) is 0 Å². The van der Waals surface area contributed by atoms with Crippen LogP contribution in [0.3, 0.4) is 0 Å². The summed E-state index contributed by atoms with van der Waals surface area (Å²) in [6.45, 7) is 5.02. The van der Waals surface area contributed by atoms with Gasteiger partial charge in [0.05, 0.1) is 12.7 Å². The van der Waals surface area contributed by atoms with E-state index in [2.05, 4.69) is 12.2 Å². The Balaban J connectivity index is 2.59. The summed E-state index contributed by atoms with van der Waals surface area (Å²) in [6.07, 6.45) is 1.74. The van der Waals surface area contributed by atoms with Crippen molar-refractivity contribution in [3.05, 3.63) is 28.8 Å². The minimum absolute atomic E-state index is 0.537. The highest BCUT2D eigenvalue weighted by atomic mass is 35.5. The lowest BCUT2D eigenvalue weighted by molar-refractivity contribution is 0.0497. The number of benzene rings is 1. The Hall–Kier alpha value is -0.770. The topological polar surface area (TPSA) is 41.5 Å². The zero-order chi connectivity index (χ0) is 13.6. The number of rotatable bonds is 7. The molecule has 0 radical (unpaired) electrons. The highest BCUT2D eigenvalue weighted by Crippen LogP contribution is 2.26. The van der Waals surface area contributed by atoms with Gasteiger partial charge in [-0.05, 0) is 25.5 Å². The molecule has 0 saturated carbocycles. The van der Waals surface area contributed by atoms with E-state index in [0.717, 1.165) is 24.2 Å². The van der Waals surface area contributed by atoms with Crippen molar-refractivity contribution in [3.8, 4) is 5.75 Å². The van der Waals surface area contributed by atoms with E-state index in [-0.39, 0.29) is 0 Å². The Morgan fingerprint density at radius 1 is 1.44 bits per heavy atom. The quantitative estimate of drug-likeness (QED) is 0.801. The Kier molecular flexibility index (Phi) is 5.93. The van der Waals surface area contributed by atoms with Crippen LogP contribution in [0.15, 0.2) is 18.2 Å². The van der Waals surface area contributed by atoms with E-state index in [1.54, 1.807) is 7.11 Å². The summed E-state index contributed by atoms with van der Waals surface area (Å²) >= 11 is 6.14. The van der Waals surface area contributed by atoms with E-state index in [0.29, 0.717) is 18.1 Å². The molecule has 0 saturated heterocycles. The Morgan fingerprint density at radius 3 is 2.78 bits per heavy atom. The molecule has 102 valence electrons. The van der Waals surface area contributed by atoms with Crippen LogP contribution in [0, 0.1) is 0 Å². The molecule has 1 aromatic carbocycles. The van der Waals surface area contributed by atoms with Crippen LogP contribution < -0.4 is 10.1 Å². The molecule has 0 aliphatic rings. The van der Waals surface area contributed by atoms with Gasteiger partial charge in [0.2, 0.25) is 0 Å². The minimum atomic E-state index is -0.677. The molecule has 0 aliphatic carbocycles. The first-order valence-corrected chi connectivity index (χ1v) is 6.62. The van der Waals surface area contributed by atoms with Crippen LogP contribution in [0.4, 0.5) is 0 Å². The fourth-order valence-corrected chi connectivity index (χ4v) is 2.22. The van der Waals surface area contributed by atoms with Gasteiger partial charge >= 0.3 is 0 Å². The smallest absolute Gasteiger partial charge is 0.124 e. The second-order valence-corrected chi connectivity index (χ2v) is 5.18. The minimum Gasteiger partial charge on any atom is -0.496 e. The van der Waals surface area contributed by atoms with Gasteiger partial charge in [0, 0.05) is 23.7 Å². The lowest BCUT2D eigenvalue weighted by atomic mass is 10.0. The largest absolute Gasteiger partial charge is 0.496 e. The maximum Gasteiger partial charge on any atom is 0.124 e. The number of nitrogens with one attached hydrogen (secondary N) is 1. The standard InChI is InChI=1S/C14H22ClNO2/c1-4-8-14(2,17)10-16-9-11-12(15)6-5-7-13(11)18-3/h5-7,16-17H,4,8-10H2,1-3H3. The monoisotopic (exact) mass is 271 g/mol. The molecule has 0 aliphatic heterocycles. The zero-order valence-electron chi connectivity index (χ0n) is 11.3. The summed E-state index contributed by atoms with van der Waals surface area (Å²) in [6, 6.07) is 5.58. The SMILES string of the molecule is CCCC(C)(O)CNCc1c(Cl)cccc1OC. The molecule has 4 heteroatoms. The van der Waals surface area contributed by atoms with Gasteiger partial charge in [0.1, 0.15) is 5.75 Å². The van der Waals surface area contributed by atoms with Crippen molar-refractivity contribution >= 4 is 11.6 Å². The van der Waals surface area contributed by atoms with Gasteiger partial charge in [-0.2, -0.15) is 0 Å². The second-order valence-electron chi connectivity index (χ2n) is 4.77. The predicted octanol–water partition coefficient (Wildman–Crippen LogP) is 2.99. The van der Waals surface area contributed by atoms with Crippen molar-refractivity contribution in [2.75, 3.05) is 13.7 Å². The molecular formula is C14H22ClNO2. The van der Waals surface area contributed by atoms with Crippen molar-refractivity contribution in [2.24, 2.45) is 0 Å². The number of aliphatic hydroxyl groups is 1. The maximum atomic E-state index is 10.1. The van der Waals surface area contributed by atoms with E-state index in [1.807, 2.05) is 25.1 Å². The van der Waals surface area contributed by atoms with Crippen LogP contribution in [0.5, 0.6) is 5.75 Å². The van der Waals surface area contributed by atoms with Crippen LogP contribution in [0.2, 0.25) is 5.02 Å². The average molecular weight is 272 g/mol. The van der Waals surface area contributed by atoms with Crippen molar-refractivity contribution in [1.29, 1.82) is 0 Å². The average Bonchev–Trinajstić information content (AvgIpc) is 2.30. The molecule has 0 bridgehead atoms. The van der Waals surface area contributed by atoms with Crippen LogP contribution in [-0.2, 0) is 6.54 Å². The number of ether oxygens (including phenoxy) is 1. The summed E-state index contributed by atoms with van der Waals surface area (Å²) in [5, 5.41) is 14.0. The van der Waals surface area contributed by atoms with E-state index >= 15 is 0 Å². The van der Waals surface area contributed by atoms with Crippen LogP contribution in [-0.4, -0.2) is 24.4 Å². The molecule has 0 heterocycles. The Morgan fingerprint density at radius 2 is 2.17 bits per heavy atom. The first-order chi connectivity index (χ1) is 8.50. The van der Waals surface area contributed by atoms with Crippen LogP contribution in [0.1, 0.15) is 32.3 Å². The molecule has 1 unspecified atom stereocenters. The predicted molar refractivity (Wildman–Crippen MR) is 75.2 cm³/mol. The zero-order valence-corrected chi connectivity index (χ0v) is 12.0. The molecule has 2 N–H and O–H groups in total. The third-order valence-corrected chi connectivity index (χ3v) is 3.25. The van der Waals surface area contributed by atoms with Gasteiger partial charge in [0.15, 0.2) is 0 Å². The highest BCUT2D eigenvalue weighted by molar-refractivity contribution is 6.31. The molecule has 0 spiro atoms. The summed E-state index contributed by atoms with van der Waals surface area (Å²) in [5.74, 6) is 0.769. The lowest BCUT2D eigenvalue weighted by Crippen LogP contribution is -2.37. The van der Waals surface area contributed by atoms with E-state index in [4.69, 9.17) is 16.3 Å². The van der Waals surface area contributed by atoms with E-state index < -0.39 is 5.60 Å². The first-order valence-electron chi connectivity index (χ1n) is 6.24. The Labute approximate surface area is 114 Å². The molecule has 0 aromatic heterocycles. The van der Waals surface area contributed by atoms with Crippen molar-refractivity contribution < 1.29 is 9.84 Å². The van der Waals surface area contributed by atoms with Gasteiger partial charge in [0.25, 0.3) is 0 Å². The summed E-state index contributed by atoms with van der Waals surface area (Å²) in [5.41, 5.74) is 0.248. The molecule has 1 rings (SSSR count). The summed E-state index contributed by atoms with van der Waals surface area (Å²) in [4.78, 5) is 0. The molecule has 1 aromatic rings. The molecular weight excluding hydrogens is 250 g/mol. The molecule has 3 nitrogen and oxygen atoms in total. The summed E-state index contributed by atoms with van der Waals surface area (Å²) in [7, 11) is 1.63. The third kappa shape index (κ3) is 4.48. The normalized spacial score (nSPS) is 14.3. The highest BCUT2D eigenvalue weighted by Gasteiger charge is 2.18. The Bertz CT molecular complexity index is 380. The van der Waals surface area contributed by atoms with Gasteiger partial charge < -0.3 is 15.2 Å². The number of halogens is 1. The van der Waals surface area contributed by atoms with Crippen molar-refractivity contribution in [3.63, 3.8) is 0 Å². The van der Waals surface area contributed by atoms with Crippen LogP contribution >= 0.6 is 11.6 Å². The van der Waals surface area contributed by atoms with E-state index in [9.17, 15) is 5.11 Å². The molecule has 0 fully saturated rings. The molecule has 0 amide bonds. The fraction of sp³-hybridized carbons (Fsp3) is 0.571. The van der Waals surface area contributed by atoms with Gasteiger partial charge in [-0.1, -0.05) is 31.0 Å². The second kappa shape index (κ2) is 6.98. The number of hydrogen-bond donors (Lipinski definition) is 2. The lowest BCUT2D eigenvalue weighted by Gasteiger charge is -2.23. The number of hydrogen-bond acceptors (Lipinski definition) is 3. The fourth-order valence-electron chi connectivity index (χ4n) is 1.99. The van der Waals surface area contributed by atoms with E-state index in [1.165, 1.54) is 0 Å². The first kappa shape index (κ1) is 15.3. The molecule has 1 atom stereocenters. The molecule has 18 heavy (non-hydrogen) atoms. The van der Waals surface area contributed by atoms with Gasteiger partial charge in [-0.25, -0.2) is 0 Å². The van der Waals surface area contributed by atoms with Gasteiger partial charge in [-0.15, -0.1) is 0 Å². The third-order valence-electron chi connectivity index (χ3n) is 2.89. The maximum absolute atomic E-state index is 10.1. The van der Waals surface area contributed by atoms with Crippen molar-refractivity contribution in [2.45, 2.75) is 38.8 Å². The number of methoxy groups -OCH3 is 1. The van der Waals surface area contributed by atoms with Crippen molar-refractivity contribution in [1.82, 2.24) is 5.32 Å². The van der Waals surface area contributed by atoms with Crippen LogP contribution in [0.25, 0.3) is 0 Å².